The number of rotatable bonds is 11. The molecule has 0 aromatic carbocycles. The molecular formula is C42H69N3O34. The number of ether oxygens (including phenoxy) is 11. The summed E-state index contributed by atoms with van der Waals surface area (Å²) in [6.07, 6.45) is -59.1. The van der Waals surface area contributed by atoms with Crippen molar-refractivity contribution in [3.05, 3.63) is 45.0 Å². The lowest BCUT2D eigenvalue weighted by Gasteiger charge is -2.47. The molecule has 11 aliphatic heterocycles. The summed E-state index contributed by atoms with van der Waals surface area (Å²) in [6, 6.07) is 0. The van der Waals surface area contributed by atoms with Gasteiger partial charge in [0.05, 0.1) is 32.5 Å². The Labute approximate surface area is 444 Å². The molecule has 0 aliphatic carbocycles. The second-order valence-corrected chi connectivity index (χ2v) is 18.2. The van der Waals surface area contributed by atoms with Crippen molar-refractivity contribution in [2.45, 2.75) is 179 Å². The first-order valence-corrected chi connectivity index (χ1v) is 24.2. The van der Waals surface area contributed by atoms with Crippen LogP contribution in [0.2, 0.25) is 0 Å². The van der Waals surface area contributed by atoms with E-state index in [1.807, 2.05) is 0 Å². The van der Waals surface area contributed by atoms with Gasteiger partial charge in [-0.1, -0.05) is 5.11 Å². The summed E-state index contributed by atoms with van der Waals surface area (Å²) < 4.78 is 60.2. The maximum Gasteiger partial charge on any atom is 0.218 e. The molecule has 456 valence electrons. The van der Waals surface area contributed by atoms with Gasteiger partial charge in [-0.15, -0.1) is 0 Å². The highest BCUT2D eigenvalue weighted by molar-refractivity contribution is 5.12. The minimum absolute atomic E-state index is 0.710. The minimum atomic E-state index is -2.79. The van der Waals surface area contributed by atoms with Gasteiger partial charge in [-0.3, -0.25) is 0 Å². The number of hydrogen-bond donors (Lipinski definition) is 23. The van der Waals surface area contributed by atoms with Gasteiger partial charge in [0.2, 0.25) is 18.9 Å². The van der Waals surface area contributed by atoms with Crippen LogP contribution in [0.1, 0.15) is 19.3 Å². The van der Waals surface area contributed by atoms with E-state index in [4.69, 9.17) is 57.6 Å². The molecule has 0 aromatic rings. The third-order valence-electron chi connectivity index (χ3n) is 13.0. The van der Waals surface area contributed by atoms with Gasteiger partial charge in [-0.25, -0.2) is 0 Å². The third-order valence-corrected chi connectivity index (χ3v) is 13.0. The second kappa shape index (κ2) is 30.0. The van der Waals surface area contributed by atoms with Crippen molar-refractivity contribution in [2.24, 2.45) is 5.11 Å². The average Bonchev–Trinajstić information content (AvgIpc) is 3.49. The van der Waals surface area contributed by atoms with Gasteiger partial charge in [0, 0.05) is 44.0 Å². The van der Waals surface area contributed by atoms with E-state index in [9.17, 15) is 117 Å². The molecule has 0 aromatic heterocycles. The van der Waals surface area contributed by atoms with E-state index in [2.05, 4.69) is 10.0 Å². The largest absolute Gasteiger partial charge is 0.506 e. The average molecular weight is 1160 g/mol. The number of aliphatic hydroxyl groups is 23. The number of nitrogens with zero attached hydrogens (tertiary/aromatic N) is 3. The van der Waals surface area contributed by atoms with E-state index >= 15 is 0 Å². The maximum absolute atomic E-state index is 11.3. The zero-order valence-corrected chi connectivity index (χ0v) is 41.2. The molecule has 0 spiro atoms. The fraction of sp³-hybridized carbons (Fsp3) is 0.857. The van der Waals surface area contributed by atoms with Crippen molar-refractivity contribution in [1.82, 2.24) is 0 Å². The van der Waals surface area contributed by atoms with E-state index < -0.39 is 260 Å². The predicted molar refractivity (Wildman–Crippen MR) is 242 cm³/mol. The molecule has 4 saturated heterocycles. The molecule has 11 rings (SSSR count). The lowest BCUT2D eigenvalue weighted by molar-refractivity contribution is -0.368. The Morgan fingerprint density at radius 2 is 0.595 bits per heavy atom. The molecule has 37 nitrogen and oxygen atoms in total. The number of azide groups is 1. The summed E-state index contributed by atoms with van der Waals surface area (Å²) in [4.78, 5) is 2.55. The zero-order chi connectivity index (χ0) is 58.7. The summed E-state index contributed by atoms with van der Waals surface area (Å²) in [5.74, 6) is -9.00. The summed E-state index contributed by atoms with van der Waals surface area (Å²) in [5, 5.41) is 251. The Balaban J connectivity index is 1.54. The van der Waals surface area contributed by atoms with E-state index in [0.29, 0.717) is 0 Å². The summed E-state index contributed by atoms with van der Waals surface area (Å²) in [6.45, 7) is -6.96. The van der Waals surface area contributed by atoms with Crippen LogP contribution in [0.15, 0.2) is 39.7 Å². The van der Waals surface area contributed by atoms with Crippen molar-refractivity contribution in [1.29, 1.82) is 0 Å². The van der Waals surface area contributed by atoms with E-state index in [1.54, 1.807) is 0 Å². The number of fused-ring (bicyclic) bond motifs is 1. The molecule has 26 unspecified atom stereocenters. The highest BCUT2D eigenvalue weighted by Crippen LogP contribution is 2.36. The molecule has 8 bridgehead atoms. The number of hydrogen-bond acceptors (Lipinski definition) is 35. The molecular weight excluding hydrogens is 1090 g/mol. The highest BCUT2D eigenvalue weighted by Gasteiger charge is 2.55. The van der Waals surface area contributed by atoms with Gasteiger partial charge in [-0.2, -0.15) is 0 Å². The monoisotopic (exact) mass is 1160 g/mol. The van der Waals surface area contributed by atoms with Crippen LogP contribution in [-0.4, -0.2) is 324 Å². The zero-order valence-electron chi connectivity index (χ0n) is 41.2. The molecule has 11 aliphatic rings. The van der Waals surface area contributed by atoms with Crippen LogP contribution in [0.3, 0.4) is 0 Å². The molecule has 0 saturated carbocycles. The second-order valence-electron chi connectivity index (χ2n) is 18.2. The van der Waals surface area contributed by atoms with Crippen LogP contribution >= 0.6 is 0 Å². The lowest BCUT2D eigenvalue weighted by Crippen LogP contribution is -2.65. The quantitative estimate of drug-likeness (QED) is 0.0519. The first-order valence-electron chi connectivity index (χ1n) is 24.2. The molecule has 79 heavy (non-hydrogen) atoms. The Hall–Kier alpha value is -3.79. The van der Waals surface area contributed by atoms with Crippen LogP contribution in [0.25, 0.3) is 10.4 Å². The summed E-state index contributed by atoms with van der Waals surface area (Å²) in [7, 11) is 0. The standard InChI is InChI=1S/C42H69N3O34/c43-45-44-7-14-32-21(55)30(64)41(72-14)78-34-16(9-50)73-40(28(62)23(34)57)71-13(3-6-48)20(54)27(61)38(68)77-33-15(8-49)75-42(31(65)22(33)56)79-35-17(10-51)74-39(29(63)24(35)58)70-12(2-5-47)19(53)25(59)36(66)69-11(1-4-46)18(52)26(60)37(67)76-32/h11-17,21-24,28-42,46-68H,1-10H2/b25-19-,26-18-,27-20+. The van der Waals surface area contributed by atoms with Crippen LogP contribution in [0.4, 0.5) is 0 Å². The fourth-order valence-electron chi connectivity index (χ4n) is 8.76. The van der Waals surface area contributed by atoms with Gasteiger partial charge in [0.1, 0.15) is 110 Å². The first kappa shape index (κ1) is 66.0. The van der Waals surface area contributed by atoms with Crippen LogP contribution in [0, 0.1) is 0 Å². The molecule has 4 fully saturated rings. The van der Waals surface area contributed by atoms with Gasteiger partial charge in [-0.05, 0) is 5.53 Å². The SMILES string of the molecule is [N-]=[N+]=NCC1OC2OC3C(CO)OC(OC(CCO)/C(O)=C(\O)C(O)OC4C(CO)OC(OC5C(CO)OC(OC(CCO)/C(O)=C(/O)C(O)OC(CCO)/C(O)=C(/O)C(O)OC1C(O)C2O)C(O)C5O)C(O)C4O)C(O)C3O. The van der Waals surface area contributed by atoms with Crippen molar-refractivity contribution in [3.8, 4) is 0 Å². The summed E-state index contributed by atoms with van der Waals surface area (Å²) in [5.41, 5.74) is 9.08. The number of aliphatic hydroxyl groups excluding tert-OH is 23. The lowest BCUT2D eigenvalue weighted by atomic mass is 9.96. The van der Waals surface area contributed by atoms with Gasteiger partial charge >= 0.3 is 0 Å². The van der Waals surface area contributed by atoms with Crippen molar-refractivity contribution in [3.63, 3.8) is 0 Å². The van der Waals surface area contributed by atoms with Gasteiger partial charge < -0.3 is 170 Å². The molecule has 37 heteroatoms. The van der Waals surface area contributed by atoms with Crippen LogP contribution in [0.5, 0.6) is 0 Å². The predicted octanol–water partition coefficient (Wildman–Crippen LogP) is -9.14. The molecule has 11 heterocycles. The van der Waals surface area contributed by atoms with Gasteiger partial charge in [0.15, 0.2) is 59.7 Å². The van der Waals surface area contributed by atoms with Crippen LogP contribution in [-0.2, 0) is 52.1 Å². The maximum atomic E-state index is 11.3. The van der Waals surface area contributed by atoms with Crippen molar-refractivity contribution >= 4 is 0 Å². The normalized spacial score (nSPS) is 46.8. The van der Waals surface area contributed by atoms with Crippen molar-refractivity contribution in [2.75, 3.05) is 46.2 Å². The first-order chi connectivity index (χ1) is 37.4. The minimum Gasteiger partial charge on any atom is -0.506 e. The topological polar surface area (TPSA) is 616 Å². The summed E-state index contributed by atoms with van der Waals surface area (Å²) >= 11 is 0. The van der Waals surface area contributed by atoms with Gasteiger partial charge in [0.25, 0.3) is 0 Å². The Bertz CT molecular complexity index is 2050. The Kier molecular flexibility index (Phi) is 25.0. The molecule has 0 radical (unpaired) electrons. The highest BCUT2D eigenvalue weighted by atomic mass is 16.8. The third kappa shape index (κ3) is 15.3. The Morgan fingerprint density at radius 3 is 0.899 bits per heavy atom. The van der Waals surface area contributed by atoms with E-state index in [1.165, 1.54) is 0 Å². The Morgan fingerprint density at radius 1 is 0.329 bits per heavy atom. The van der Waals surface area contributed by atoms with Crippen molar-refractivity contribution < 1.29 is 170 Å². The smallest absolute Gasteiger partial charge is 0.218 e. The fourth-order valence-corrected chi connectivity index (χ4v) is 8.76. The van der Waals surface area contributed by atoms with Crippen LogP contribution < -0.4 is 0 Å². The molecule has 26 atom stereocenters. The van der Waals surface area contributed by atoms with E-state index in [0.717, 1.165) is 0 Å². The molecule has 0 amide bonds. The molecule has 23 N–H and O–H groups in total. The van der Waals surface area contributed by atoms with E-state index in [-0.39, 0.29) is 0 Å².